The average Bonchev–Trinajstić information content (AvgIpc) is 2.33. The standard InChI is InChI=1S/C13H18BrIN2/c1-3-13(2)9-17(7-6-16-13)10-4-5-12(15)11(14)8-10/h4-5,8,16H,3,6-7,9H2,1-2H3. The average molecular weight is 409 g/mol. The van der Waals surface area contributed by atoms with E-state index in [-0.39, 0.29) is 5.54 Å². The van der Waals surface area contributed by atoms with Crippen LogP contribution in [-0.4, -0.2) is 25.2 Å². The Morgan fingerprint density at radius 3 is 2.94 bits per heavy atom. The topological polar surface area (TPSA) is 15.3 Å². The molecule has 0 radical (unpaired) electrons. The second-order valence-corrected chi connectivity index (χ2v) is 6.88. The number of piperazine rings is 1. The summed E-state index contributed by atoms with van der Waals surface area (Å²) in [7, 11) is 0. The number of nitrogens with zero attached hydrogens (tertiary/aromatic N) is 1. The molecule has 1 aromatic rings. The third-order valence-electron chi connectivity index (χ3n) is 3.52. The van der Waals surface area contributed by atoms with E-state index in [1.54, 1.807) is 0 Å². The Kier molecular flexibility index (Phi) is 4.36. The summed E-state index contributed by atoms with van der Waals surface area (Å²) in [6.45, 7) is 7.79. The number of halogens is 2. The summed E-state index contributed by atoms with van der Waals surface area (Å²) in [5.74, 6) is 0. The van der Waals surface area contributed by atoms with Crippen LogP contribution >= 0.6 is 38.5 Å². The Balaban J connectivity index is 2.19. The van der Waals surface area contributed by atoms with E-state index in [1.807, 2.05) is 0 Å². The van der Waals surface area contributed by atoms with Crippen molar-refractivity contribution in [2.45, 2.75) is 25.8 Å². The fourth-order valence-corrected chi connectivity index (χ4v) is 2.89. The van der Waals surface area contributed by atoms with Gasteiger partial charge in [0.1, 0.15) is 0 Å². The zero-order chi connectivity index (χ0) is 12.5. The minimum atomic E-state index is 0.244. The molecule has 2 rings (SSSR count). The van der Waals surface area contributed by atoms with Crippen molar-refractivity contribution in [2.24, 2.45) is 0 Å². The SMILES string of the molecule is CCC1(C)CN(c2ccc(I)c(Br)c2)CCN1. The van der Waals surface area contributed by atoms with Gasteiger partial charge in [-0.05, 0) is 70.1 Å². The highest BCUT2D eigenvalue weighted by molar-refractivity contribution is 14.1. The van der Waals surface area contributed by atoms with E-state index in [9.17, 15) is 0 Å². The van der Waals surface area contributed by atoms with Crippen LogP contribution < -0.4 is 10.2 Å². The normalized spacial score (nSPS) is 25.1. The zero-order valence-electron chi connectivity index (χ0n) is 10.3. The van der Waals surface area contributed by atoms with Gasteiger partial charge in [-0.3, -0.25) is 0 Å². The molecule has 4 heteroatoms. The Hall–Kier alpha value is 0.190. The fraction of sp³-hybridized carbons (Fsp3) is 0.538. The van der Waals surface area contributed by atoms with Gasteiger partial charge in [0, 0.05) is 38.9 Å². The summed E-state index contributed by atoms with van der Waals surface area (Å²) in [5.41, 5.74) is 1.56. The van der Waals surface area contributed by atoms with Gasteiger partial charge in [0.2, 0.25) is 0 Å². The van der Waals surface area contributed by atoms with Crippen LogP contribution in [0.1, 0.15) is 20.3 Å². The zero-order valence-corrected chi connectivity index (χ0v) is 14.0. The highest BCUT2D eigenvalue weighted by Gasteiger charge is 2.28. The number of rotatable bonds is 2. The van der Waals surface area contributed by atoms with Gasteiger partial charge in [-0.15, -0.1) is 0 Å². The molecule has 1 atom stereocenters. The molecule has 1 N–H and O–H groups in total. The molecule has 1 fully saturated rings. The maximum atomic E-state index is 3.62. The van der Waals surface area contributed by atoms with Gasteiger partial charge >= 0.3 is 0 Å². The summed E-state index contributed by atoms with van der Waals surface area (Å²) in [6.07, 6.45) is 1.16. The number of nitrogens with one attached hydrogen (secondary N) is 1. The third-order valence-corrected chi connectivity index (χ3v) is 5.86. The summed E-state index contributed by atoms with van der Waals surface area (Å²) in [5, 5.41) is 3.62. The summed E-state index contributed by atoms with van der Waals surface area (Å²) < 4.78 is 2.45. The molecule has 1 aliphatic heterocycles. The fourth-order valence-electron chi connectivity index (χ4n) is 2.19. The van der Waals surface area contributed by atoms with Crippen molar-refractivity contribution in [3.05, 3.63) is 26.2 Å². The Labute approximate surface area is 125 Å². The highest BCUT2D eigenvalue weighted by atomic mass is 127. The first-order chi connectivity index (χ1) is 8.04. The first-order valence-corrected chi connectivity index (χ1v) is 7.86. The van der Waals surface area contributed by atoms with E-state index in [0.29, 0.717) is 0 Å². The summed E-state index contributed by atoms with van der Waals surface area (Å²) >= 11 is 5.96. The van der Waals surface area contributed by atoms with Crippen LogP contribution in [0.2, 0.25) is 0 Å². The molecule has 2 nitrogen and oxygen atoms in total. The molecule has 0 amide bonds. The van der Waals surface area contributed by atoms with E-state index in [0.717, 1.165) is 26.1 Å². The maximum Gasteiger partial charge on any atom is 0.0379 e. The molecule has 0 aromatic heterocycles. The van der Waals surface area contributed by atoms with Gasteiger partial charge in [-0.25, -0.2) is 0 Å². The number of anilines is 1. The van der Waals surface area contributed by atoms with Crippen LogP contribution in [-0.2, 0) is 0 Å². The molecular formula is C13H18BrIN2. The van der Waals surface area contributed by atoms with Crippen LogP contribution in [0.5, 0.6) is 0 Å². The molecule has 94 valence electrons. The first-order valence-electron chi connectivity index (χ1n) is 5.99. The number of benzene rings is 1. The van der Waals surface area contributed by atoms with Crippen molar-refractivity contribution < 1.29 is 0 Å². The van der Waals surface area contributed by atoms with E-state index < -0.39 is 0 Å². The van der Waals surface area contributed by atoms with E-state index in [1.165, 1.54) is 13.7 Å². The molecule has 1 aliphatic rings. The number of hydrogen-bond donors (Lipinski definition) is 1. The minimum absolute atomic E-state index is 0.244. The quantitative estimate of drug-likeness (QED) is 0.751. The molecular weight excluding hydrogens is 391 g/mol. The van der Waals surface area contributed by atoms with E-state index >= 15 is 0 Å². The Bertz CT molecular complexity index is 410. The molecule has 0 bridgehead atoms. The molecule has 1 aromatic carbocycles. The van der Waals surface area contributed by atoms with Crippen LogP contribution in [0.25, 0.3) is 0 Å². The highest BCUT2D eigenvalue weighted by Crippen LogP contribution is 2.27. The van der Waals surface area contributed by atoms with Crippen LogP contribution in [0.15, 0.2) is 22.7 Å². The van der Waals surface area contributed by atoms with Crippen LogP contribution in [0.4, 0.5) is 5.69 Å². The van der Waals surface area contributed by atoms with Crippen molar-refractivity contribution >= 4 is 44.2 Å². The van der Waals surface area contributed by atoms with Gasteiger partial charge in [0.05, 0.1) is 0 Å². The predicted octanol–water partition coefficient (Wildman–Crippen LogP) is 3.63. The van der Waals surface area contributed by atoms with E-state index in [4.69, 9.17) is 0 Å². The van der Waals surface area contributed by atoms with Crippen molar-refractivity contribution in [1.82, 2.24) is 5.32 Å². The monoisotopic (exact) mass is 408 g/mol. The maximum absolute atomic E-state index is 3.62. The van der Waals surface area contributed by atoms with Gasteiger partial charge in [0.15, 0.2) is 0 Å². The molecule has 1 saturated heterocycles. The van der Waals surface area contributed by atoms with E-state index in [2.05, 4.69) is 80.8 Å². The molecule has 1 heterocycles. The van der Waals surface area contributed by atoms with Gasteiger partial charge < -0.3 is 10.2 Å². The summed E-state index contributed by atoms with van der Waals surface area (Å²) in [6, 6.07) is 6.61. The lowest BCUT2D eigenvalue weighted by Gasteiger charge is -2.42. The lowest BCUT2D eigenvalue weighted by atomic mass is 9.95. The second-order valence-electron chi connectivity index (χ2n) is 4.86. The lowest BCUT2D eigenvalue weighted by Crippen LogP contribution is -2.58. The minimum Gasteiger partial charge on any atom is -0.368 e. The lowest BCUT2D eigenvalue weighted by molar-refractivity contribution is 0.314. The Morgan fingerprint density at radius 1 is 1.53 bits per heavy atom. The third kappa shape index (κ3) is 3.15. The molecule has 0 aliphatic carbocycles. The van der Waals surface area contributed by atoms with Gasteiger partial charge in [-0.2, -0.15) is 0 Å². The predicted molar refractivity (Wildman–Crippen MR) is 85.8 cm³/mol. The van der Waals surface area contributed by atoms with Crippen molar-refractivity contribution in [3.63, 3.8) is 0 Å². The molecule has 0 saturated carbocycles. The smallest absolute Gasteiger partial charge is 0.0379 e. The summed E-state index contributed by atoms with van der Waals surface area (Å²) in [4.78, 5) is 2.47. The second kappa shape index (κ2) is 5.45. The van der Waals surface area contributed by atoms with Crippen molar-refractivity contribution in [2.75, 3.05) is 24.5 Å². The van der Waals surface area contributed by atoms with Crippen molar-refractivity contribution in [3.8, 4) is 0 Å². The Morgan fingerprint density at radius 2 is 2.29 bits per heavy atom. The van der Waals surface area contributed by atoms with Gasteiger partial charge in [-0.1, -0.05) is 6.92 Å². The van der Waals surface area contributed by atoms with Crippen LogP contribution in [0, 0.1) is 3.57 Å². The molecule has 17 heavy (non-hydrogen) atoms. The van der Waals surface area contributed by atoms with Crippen LogP contribution in [0.3, 0.4) is 0 Å². The van der Waals surface area contributed by atoms with Crippen molar-refractivity contribution in [1.29, 1.82) is 0 Å². The largest absolute Gasteiger partial charge is 0.368 e. The van der Waals surface area contributed by atoms with Gasteiger partial charge in [0.25, 0.3) is 0 Å². The molecule has 1 unspecified atom stereocenters. The molecule has 0 spiro atoms. The first kappa shape index (κ1) is 13.6. The number of hydrogen-bond acceptors (Lipinski definition) is 2.